The molecule has 0 amide bonds. The molecular formula is C12H16FNO2. The van der Waals surface area contributed by atoms with Crippen LogP contribution in [-0.4, -0.2) is 20.3 Å². The van der Waals surface area contributed by atoms with Gasteiger partial charge in [0.15, 0.2) is 11.6 Å². The van der Waals surface area contributed by atoms with Crippen molar-refractivity contribution in [1.82, 2.24) is 0 Å². The Labute approximate surface area is 94.3 Å². The molecule has 1 aromatic carbocycles. The fourth-order valence-electron chi connectivity index (χ4n) is 2.02. The molecule has 4 heteroatoms. The standard InChI is InChI=1S/C12H16FNO2/c1-15-11-4-3-9(7-10(11)13)12(14)5-2-6-16-8-12/h3-4,7H,2,5-6,8,14H2,1H3. The molecule has 0 bridgehead atoms. The Bertz CT molecular complexity index is 375. The summed E-state index contributed by atoms with van der Waals surface area (Å²) in [5.41, 5.74) is 6.41. The molecule has 0 aromatic heterocycles. The lowest BCUT2D eigenvalue weighted by molar-refractivity contribution is 0.0365. The van der Waals surface area contributed by atoms with Gasteiger partial charge in [-0.05, 0) is 30.5 Å². The van der Waals surface area contributed by atoms with Crippen molar-refractivity contribution in [2.75, 3.05) is 20.3 Å². The summed E-state index contributed by atoms with van der Waals surface area (Å²) in [6.45, 7) is 1.18. The summed E-state index contributed by atoms with van der Waals surface area (Å²) in [5, 5.41) is 0. The summed E-state index contributed by atoms with van der Waals surface area (Å²) in [6, 6.07) is 4.85. The number of rotatable bonds is 2. The quantitative estimate of drug-likeness (QED) is 0.834. The number of methoxy groups -OCH3 is 1. The van der Waals surface area contributed by atoms with Crippen LogP contribution in [0.2, 0.25) is 0 Å². The van der Waals surface area contributed by atoms with Crippen LogP contribution in [-0.2, 0) is 10.3 Å². The van der Waals surface area contributed by atoms with Crippen molar-refractivity contribution in [3.63, 3.8) is 0 Å². The van der Waals surface area contributed by atoms with E-state index in [0.717, 1.165) is 25.0 Å². The van der Waals surface area contributed by atoms with E-state index >= 15 is 0 Å². The van der Waals surface area contributed by atoms with Crippen LogP contribution < -0.4 is 10.5 Å². The minimum atomic E-state index is -0.564. The molecule has 3 nitrogen and oxygen atoms in total. The number of hydrogen-bond acceptors (Lipinski definition) is 3. The van der Waals surface area contributed by atoms with Crippen molar-refractivity contribution >= 4 is 0 Å². The van der Waals surface area contributed by atoms with Crippen molar-refractivity contribution in [2.24, 2.45) is 5.73 Å². The predicted molar refractivity (Wildman–Crippen MR) is 58.9 cm³/mol. The normalized spacial score (nSPS) is 25.4. The van der Waals surface area contributed by atoms with Gasteiger partial charge in [-0.1, -0.05) is 6.07 Å². The molecule has 0 radical (unpaired) electrons. The Kier molecular flexibility index (Phi) is 3.12. The van der Waals surface area contributed by atoms with Gasteiger partial charge in [0.25, 0.3) is 0 Å². The Morgan fingerprint density at radius 2 is 2.31 bits per heavy atom. The molecule has 16 heavy (non-hydrogen) atoms. The monoisotopic (exact) mass is 225 g/mol. The summed E-state index contributed by atoms with van der Waals surface area (Å²) in [7, 11) is 1.44. The van der Waals surface area contributed by atoms with Crippen LogP contribution in [0.25, 0.3) is 0 Å². The highest BCUT2D eigenvalue weighted by Gasteiger charge is 2.30. The average molecular weight is 225 g/mol. The highest BCUT2D eigenvalue weighted by Crippen LogP contribution is 2.30. The predicted octanol–water partition coefficient (Wildman–Crippen LogP) is 1.80. The zero-order chi connectivity index (χ0) is 11.6. The van der Waals surface area contributed by atoms with Crippen LogP contribution in [0.5, 0.6) is 5.75 Å². The summed E-state index contributed by atoms with van der Waals surface area (Å²) in [5.74, 6) is -0.139. The third-order valence-electron chi connectivity index (χ3n) is 3.00. The lowest BCUT2D eigenvalue weighted by Crippen LogP contribution is -2.44. The maximum absolute atomic E-state index is 13.6. The maximum atomic E-state index is 13.6. The molecule has 1 heterocycles. The minimum Gasteiger partial charge on any atom is -0.494 e. The zero-order valence-electron chi connectivity index (χ0n) is 9.33. The molecule has 0 saturated carbocycles. The third-order valence-corrected chi connectivity index (χ3v) is 3.00. The number of nitrogens with two attached hydrogens (primary N) is 1. The van der Waals surface area contributed by atoms with Gasteiger partial charge in [-0.2, -0.15) is 0 Å². The van der Waals surface area contributed by atoms with Crippen LogP contribution in [0.4, 0.5) is 4.39 Å². The van der Waals surface area contributed by atoms with Crippen LogP contribution in [0.3, 0.4) is 0 Å². The van der Waals surface area contributed by atoms with E-state index in [1.165, 1.54) is 13.2 Å². The molecule has 0 spiro atoms. The highest BCUT2D eigenvalue weighted by atomic mass is 19.1. The van der Waals surface area contributed by atoms with Crippen LogP contribution in [0.15, 0.2) is 18.2 Å². The highest BCUT2D eigenvalue weighted by molar-refractivity contribution is 5.33. The van der Waals surface area contributed by atoms with E-state index in [1.807, 2.05) is 0 Å². The number of halogens is 1. The molecule has 1 aromatic rings. The van der Waals surface area contributed by atoms with E-state index in [0.29, 0.717) is 6.61 Å². The Hall–Kier alpha value is -1.13. The first-order chi connectivity index (χ1) is 7.65. The fourth-order valence-corrected chi connectivity index (χ4v) is 2.02. The topological polar surface area (TPSA) is 44.5 Å². The number of ether oxygens (including phenoxy) is 2. The van der Waals surface area contributed by atoms with Gasteiger partial charge in [0.1, 0.15) is 0 Å². The lowest BCUT2D eigenvalue weighted by Gasteiger charge is -2.33. The average Bonchev–Trinajstić information content (AvgIpc) is 2.30. The molecule has 2 N–H and O–H groups in total. The first-order valence-electron chi connectivity index (χ1n) is 5.36. The van der Waals surface area contributed by atoms with Gasteiger partial charge in [-0.15, -0.1) is 0 Å². The molecule has 1 fully saturated rings. The summed E-state index contributed by atoms with van der Waals surface area (Å²) in [6.07, 6.45) is 1.73. The molecule has 1 unspecified atom stereocenters. The van der Waals surface area contributed by atoms with E-state index < -0.39 is 5.54 Å². The lowest BCUT2D eigenvalue weighted by atomic mass is 9.86. The second-order valence-electron chi connectivity index (χ2n) is 4.16. The Morgan fingerprint density at radius 1 is 1.50 bits per heavy atom. The van der Waals surface area contributed by atoms with Crippen LogP contribution in [0, 0.1) is 5.82 Å². The summed E-state index contributed by atoms with van der Waals surface area (Å²) >= 11 is 0. The SMILES string of the molecule is COc1ccc(C2(N)CCCOC2)cc1F. The maximum Gasteiger partial charge on any atom is 0.165 e. The smallest absolute Gasteiger partial charge is 0.165 e. The van der Waals surface area contributed by atoms with Gasteiger partial charge in [-0.25, -0.2) is 4.39 Å². The number of hydrogen-bond donors (Lipinski definition) is 1. The Morgan fingerprint density at radius 3 is 2.88 bits per heavy atom. The molecular weight excluding hydrogens is 209 g/mol. The van der Waals surface area contributed by atoms with Crippen molar-refractivity contribution < 1.29 is 13.9 Å². The molecule has 1 saturated heterocycles. The van der Waals surface area contributed by atoms with E-state index in [4.69, 9.17) is 15.2 Å². The molecule has 88 valence electrons. The summed E-state index contributed by atoms with van der Waals surface area (Å²) in [4.78, 5) is 0. The second-order valence-corrected chi connectivity index (χ2v) is 4.16. The van der Waals surface area contributed by atoms with Gasteiger partial charge >= 0.3 is 0 Å². The van der Waals surface area contributed by atoms with E-state index in [1.54, 1.807) is 12.1 Å². The first-order valence-corrected chi connectivity index (χ1v) is 5.36. The van der Waals surface area contributed by atoms with Crippen molar-refractivity contribution in [3.8, 4) is 5.75 Å². The van der Waals surface area contributed by atoms with Gasteiger partial charge in [0.2, 0.25) is 0 Å². The largest absolute Gasteiger partial charge is 0.494 e. The van der Waals surface area contributed by atoms with E-state index in [2.05, 4.69) is 0 Å². The van der Waals surface area contributed by atoms with Crippen molar-refractivity contribution in [3.05, 3.63) is 29.6 Å². The molecule has 0 aliphatic carbocycles. The van der Waals surface area contributed by atoms with Gasteiger partial charge in [0, 0.05) is 6.61 Å². The number of benzene rings is 1. The zero-order valence-corrected chi connectivity index (χ0v) is 9.33. The van der Waals surface area contributed by atoms with Crippen LogP contribution >= 0.6 is 0 Å². The molecule has 2 rings (SSSR count). The molecule has 1 atom stereocenters. The van der Waals surface area contributed by atoms with Crippen molar-refractivity contribution in [2.45, 2.75) is 18.4 Å². The second kappa shape index (κ2) is 4.39. The third kappa shape index (κ3) is 2.03. The van der Waals surface area contributed by atoms with E-state index in [-0.39, 0.29) is 11.6 Å². The van der Waals surface area contributed by atoms with Crippen LogP contribution in [0.1, 0.15) is 18.4 Å². The minimum absolute atomic E-state index is 0.240. The molecule has 1 aliphatic heterocycles. The van der Waals surface area contributed by atoms with E-state index in [9.17, 15) is 4.39 Å². The first kappa shape index (κ1) is 11.4. The molecule has 1 aliphatic rings. The Balaban J connectivity index is 2.29. The fraction of sp³-hybridized carbons (Fsp3) is 0.500. The summed E-state index contributed by atoms with van der Waals surface area (Å²) < 4.78 is 23.8. The van der Waals surface area contributed by atoms with Gasteiger partial charge < -0.3 is 15.2 Å². The van der Waals surface area contributed by atoms with Gasteiger partial charge in [0.05, 0.1) is 19.3 Å². The van der Waals surface area contributed by atoms with Gasteiger partial charge in [-0.3, -0.25) is 0 Å². The van der Waals surface area contributed by atoms with Crippen molar-refractivity contribution in [1.29, 1.82) is 0 Å².